The molecule has 22 heteroatoms. The Morgan fingerprint density at radius 3 is 1.50 bits per heavy atom. The lowest BCUT2D eigenvalue weighted by Crippen LogP contribution is -2.48. The summed E-state index contributed by atoms with van der Waals surface area (Å²) < 4.78 is 32.3. The van der Waals surface area contributed by atoms with Crippen molar-refractivity contribution in [1.82, 2.24) is 39.0 Å². The van der Waals surface area contributed by atoms with Crippen LogP contribution in [0.1, 0.15) is 107 Å². The maximum absolute atomic E-state index is 15.5. The molecule has 0 aliphatic carbocycles. The van der Waals surface area contributed by atoms with Crippen molar-refractivity contribution in [1.29, 1.82) is 0 Å². The molecule has 0 saturated carbocycles. The van der Waals surface area contributed by atoms with Gasteiger partial charge in [0.2, 0.25) is 23.7 Å². The number of anilines is 2. The monoisotopic (exact) mass is 964 g/mol. The van der Waals surface area contributed by atoms with E-state index < -0.39 is 57.6 Å². The Morgan fingerprint density at radius 1 is 0.750 bits per heavy atom. The van der Waals surface area contributed by atoms with Gasteiger partial charge in [-0.05, 0) is 49.1 Å². The van der Waals surface area contributed by atoms with Gasteiger partial charge < -0.3 is 14.0 Å². The van der Waals surface area contributed by atoms with Gasteiger partial charge >= 0.3 is 0 Å². The number of aliphatic hydroxyl groups is 1. The van der Waals surface area contributed by atoms with Gasteiger partial charge in [0.05, 0.1) is 18.8 Å². The molecule has 5 N–H and O–H groups in total. The number of carbonyl (C=O) groups is 2. The van der Waals surface area contributed by atoms with E-state index in [1.54, 1.807) is 54.9 Å². The largest absolute Gasteiger partial charge is 0.408 e. The van der Waals surface area contributed by atoms with E-state index in [2.05, 4.69) is 108 Å². The molecule has 0 bridgehead atoms. The third kappa shape index (κ3) is 10.7. The number of alkyl halides is 1. The molecule has 2 saturated heterocycles. The van der Waals surface area contributed by atoms with E-state index in [9.17, 15) is 24.3 Å². The predicted molar refractivity (Wildman–Crippen MR) is 260 cm³/mol. The van der Waals surface area contributed by atoms with Crippen LogP contribution in [0.25, 0.3) is 22.3 Å². The van der Waals surface area contributed by atoms with Crippen molar-refractivity contribution < 1.29 is 27.9 Å². The second-order valence-electron chi connectivity index (χ2n) is 20.3. The number of fused-ring (bicyclic) bond motifs is 2. The fraction of sp³-hybridized carbons (Fsp3) is 0.714. The van der Waals surface area contributed by atoms with Crippen LogP contribution in [0.15, 0.2) is 22.2 Å². The highest BCUT2D eigenvalue weighted by molar-refractivity contribution is 8.00. The molecule has 2 amide bonds. The highest BCUT2D eigenvalue weighted by Crippen LogP contribution is 2.51. The number of aromatic amines is 2. The first-order valence-electron chi connectivity index (χ1n) is 22.1. The number of nitrogens with one attached hydrogen (secondary N) is 4. The molecule has 4 aromatic rings. The van der Waals surface area contributed by atoms with Crippen molar-refractivity contribution in [2.75, 3.05) is 10.6 Å². The number of hydrogen-bond acceptors (Lipinski definition) is 13. The van der Waals surface area contributed by atoms with Crippen molar-refractivity contribution in [2.45, 2.75) is 178 Å². The van der Waals surface area contributed by atoms with Gasteiger partial charge in [-0.15, -0.1) is 23.5 Å². The van der Waals surface area contributed by atoms with Gasteiger partial charge in [-0.2, -0.15) is 9.97 Å². The highest BCUT2D eigenvalue weighted by atomic mass is 32.2. The molecule has 0 spiro atoms. The quantitative estimate of drug-likeness (QED) is 0.0852. The van der Waals surface area contributed by atoms with E-state index in [-0.39, 0.29) is 72.5 Å². The molecule has 64 heavy (non-hydrogen) atoms. The summed E-state index contributed by atoms with van der Waals surface area (Å²) in [5, 5.41) is 15.3. The van der Waals surface area contributed by atoms with Crippen LogP contribution >= 0.6 is 23.5 Å². The molecule has 2 aliphatic heterocycles. The highest BCUT2D eigenvalue weighted by Gasteiger charge is 2.52. The van der Waals surface area contributed by atoms with Crippen LogP contribution in [-0.4, -0.2) is 108 Å². The fourth-order valence-corrected chi connectivity index (χ4v) is 12.5. The molecular formula is C42H69FN10O7S2Si2. The average Bonchev–Trinajstić information content (AvgIpc) is 3.95. The Morgan fingerprint density at radius 2 is 1.12 bits per heavy atom. The fourth-order valence-electron chi connectivity index (χ4n) is 6.67. The molecule has 2 fully saturated rings. The van der Waals surface area contributed by atoms with Crippen LogP contribution in [0.4, 0.5) is 16.3 Å². The summed E-state index contributed by atoms with van der Waals surface area (Å²) in [6.45, 7) is 32.4. The predicted octanol–water partition coefficient (Wildman–Crippen LogP) is 7.96. The number of halogens is 1. The van der Waals surface area contributed by atoms with Crippen LogP contribution < -0.4 is 21.8 Å². The number of carbonyl (C=O) groups excluding carboxylic acids is 2. The molecular weight excluding hydrogens is 896 g/mol. The second kappa shape index (κ2) is 19.4. The lowest BCUT2D eigenvalue weighted by Gasteiger charge is -2.40. The lowest BCUT2D eigenvalue weighted by atomic mass is 10.1. The summed E-state index contributed by atoms with van der Waals surface area (Å²) in [6, 6.07) is 0. The van der Waals surface area contributed by atoms with Gasteiger partial charge in [-0.25, -0.2) is 14.4 Å². The Balaban J connectivity index is 0.000000241. The summed E-state index contributed by atoms with van der Waals surface area (Å²) >= 11 is 3.10. The topological polar surface area (TPSA) is 224 Å². The summed E-state index contributed by atoms with van der Waals surface area (Å²) in [6.07, 6.45) is 1.60. The first-order valence-corrected chi connectivity index (χ1v) is 29.8. The maximum atomic E-state index is 15.5. The van der Waals surface area contributed by atoms with Crippen LogP contribution in [0.2, 0.25) is 36.3 Å². The molecule has 4 aromatic heterocycles. The normalized spacial score (nSPS) is 24.4. The zero-order valence-electron chi connectivity index (χ0n) is 40.1. The summed E-state index contributed by atoms with van der Waals surface area (Å²) in [5.41, 5.74) is 0.117. The van der Waals surface area contributed by atoms with Crippen molar-refractivity contribution >= 4 is 86.2 Å². The van der Waals surface area contributed by atoms with E-state index in [1.807, 2.05) is 13.8 Å². The number of imidazole rings is 2. The number of rotatable bonds is 12. The zero-order valence-corrected chi connectivity index (χ0v) is 43.7. The van der Waals surface area contributed by atoms with Crippen LogP contribution in [0.3, 0.4) is 0 Å². The van der Waals surface area contributed by atoms with Crippen LogP contribution in [0.5, 0.6) is 0 Å². The number of aliphatic hydroxyl groups excluding tert-OH is 1. The van der Waals surface area contributed by atoms with E-state index in [0.717, 1.165) is 6.42 Å². The lowest BCUT2D eigenvalue weighted by molar-refractivity contribution is -0.119. The van der Waals surface area contributed by atoms with Crippen molar-refractivity contribution in [2.24, 2.45) is 11.8 Å². The molecule has 8 atom stereocenters. The van der Waals surface area contributed by atoms with Crippen LogP contribution in [-0.2, 0) is 18.4 Å². The van der Waals surface area contributed by atoms with Gasteiger partial charge in [-0.1, -0.05) is 83.1 Å². The first-order chi connectivity index (χ1) is 29.5. The Labute approximate surface area is 385 Å². The van der Waals surface area contributed by atoms with E-state index >= 15 is 4.39 Å². The van der Waals surface area contributed by atoms with E-state index in [4.69, 9.17) is 8.85 Å². The number of thioether (sulfide) groups is 2. The third-order valence-electron chi connectivity index (χ3n) is 12.8. The van der Waals surface area contributed by atoms with Gasteiger partial charge in [0.25, 0.3) is 11.1 Å². The SMILES string of the molecule is CC[C@H]1S[C@@H](n2cnc3c(=O)[nH]c(NC(=O)C(C)C)nc32)C(O[Si](C)(C)C(C)(C)C)[C@@H]1O.CC[C@H]1S[C@@H](n2cnc3c(=O)[nH]c(NC(=O)C(C)C)nc32)C(O[Si](C)(C)C(C)(C)C)[C@H]1F. The zero-order chi connectivity index (χ0) is 48.0. The van der Waals surface area contributed by atoms with E-state index in [1.165, 1.54) is 18.1 Å². The summed E-state index contributed by atoms with van der Waals surface area (Å²) in [4.78, 5) is 72.0. The molecule has 6 rings (SSSR count). The molecule has 356 valence electrons. The summed E-state index contributed by atoms with van der Waals surface area (Å²) in [5.74, 6) is -0.894. The number of nitrogens with zero attached hydrogens (tertiary/aromatic N) is 6. The smallest absolute Gasteiger partial charge is 0.280 e. The Kier molecular flexibility index (Phi) is 15.7. The molecule has 2 unspecified atom stereocenters. The van der Waals surface area contributed by atoms with Gasteiger partial charge in [0.1, 0.15) is 29.1 Å². The Bertz CT molecular complexity index is 2260. The number of amides is 2. The number of H-pyrrole nitrogens is 2. The molecule has 0 aromatic carbocycles. The van der Waals surface area contributed by atoms with Gasteiger partial charge in [0.15, 0.2) is 39.0 Å². The van der Waals surface area contributed by atoms with Crippen molar-refractivity contribution in [3.63, 3.8) is 0 Å². The molecule has 6 heterocycles. The molecule has 0 radical (unpaired) electrons. The standard InChI is InChI=1S/C21H34FN5O3SSi.C21H35N5O4SSi/c1-9-12-13(22)15(30-32(7,8)21(4,5)6)19(31-12)27-10-23-14-16(27)24-20(26-18(14)29)25-17(28)11(2)3;1-9-12-14(27)15(30-32(7,8)21(4,5)6)19(31-12)26-10-22-13-16(26)23-20(25-18(13)29)24-17(28)11(2)3/h10-13,15,19H,9H2,1-8H3,(H2,24,25,26,28,29);10-12,14-15,19,27H,9H2,1-8H3,(H2,23,24,25,28,29)/t12-,13+,15?,19-;12-,14-,15?,19-/m11/s1. The average molecular weight is 965 g/mol. The Hall–Kier alpha value is -3.42. The van der Waals surface area contributed by atoms with Crippen molar-refractivity contribution in [3.8, 4) is 0 Å². The van der Waals surface area contributed by atoms with Gasteiger partial charge in [0, 0.05) is 22.3 Å². The molecule has 2 aliphatic rings. The minimum absolute atomic E-state index is 0.00525. The maximum Gasteiger partial charge on any atom is 0.280 e. The number of aromatic nitrogens is 8. The van der Waals surface area contributed by atoms with Crippen LogP contribution in [0, 0.1) is 11.8 Å². The first kappa shape index (κ1) is 51.6. The number of hydrogen-bond donors (Lipinski definition) is 5. The molecule has 17 nitrogen and oxygen atoms in total. The van der Waals surface area contributed by atoms with Gasteiger partial charge in [-0.3, -0.25) is 48.9 Å². The van der Waals surface area contributed by atoms with Crippen molar-refractivity contribution in [3.05, 3.63) is 33.4 Å². The summed E-state index contributed by atoms with van der Waals surface area (Å²) in [7, 11) is -4.45. The minimum atomic E-state index is -2.26. The van der Waals surface area contributed by atoms with E-state index in [0.29, 0.717) is 17.7 Å². The third-order valence-corrected chi connectivity index (χ3v) is 25.2. The minimum Gasteiger partial charge on any atom is -0.408 e. The second-order valence-corrected chi connectivity index (χ2v) is 32.6.